The molecule has 0 aromatic heterocycles. The molecule has 0 spiro atoms. The van der Waals surface area contributed by atoms with Gasteiger partial charge in [0.1, 0.15) is 0 Å². The largest absolute Gasteiger partial charge is 0.327 e. The number of nitrogens with two attached hydrogens (primary N) is 1. The first-order chi connectivity index (χ1) is 9.17. The highest BCUT2D eigenvalue weighted by Gasteiger charge is 2.18. The summed E-state index contributed by atoms with van der Waals surface area (Å²) in [6.07, 6.45) is 1.06. The maximum absolute atomic E-state index is 11.9. The summed E-state index contributed by atoms with van der Waals surface area (Å²) in [7, 11) is 0. The fourth-order valence-electron chi connectivity index (χ4n) is 2.12. The Kier molecular flexibility index (Phi) is 5.45. The Hall–Kier alpha value is -1.68. The van der Waals surface area contributed by atoms with Crippen LogP contribution in [-0.4, -0.2) is 17.7 Å². The molecule has 1 amide bonds. The summed E-state index contributed by atoms with van der Waals surface area (Å²) in [4.78, 5) is 23.2. The molecule has 1 unspecified atom stereocenters. The van der Waals surface area contributed by atoms with E-state index in [1.165, 1.54) is 6.92 Å². The highest BCUT2D eigenvalue weighted by atomic mass is 16.1. The van der Waals surface area contributed by atoms with Gasteiger partial charge < -0.3 is 11.1 Å². The molecule has 1 aromatic rings. The minimum absolute atomic E-state index is 0.0227. The number of carbonyl (C=O) groups is 2. The van der Waals surface area contributed by atoms with Crippen LogP contribution in [0.4, 0.5) is 5.69 Å². The van der Waals surface area contributed by atoms with Crippen LogP contribution in [0.2, 0.25) is 0 Å². The lowest BCUT2D eigenvalue weighted by molar-refractivity contribution is -0.116. The molecule has 0 saturated carbocycles. The Bertz CT molecular complexity index is 489. The van der Waals surface area contributed by atoms with Gasteiger partial charge in [0.25, 0.3) is 0 Å². The van der Waals surface area contributed by atoms with E-state index in [9.17, 15) is 9.59 Å². The lowest BCUT2D eigenvalue weighted by Gasteiger charge is -2.22. The Morgan fingerprint density at radius 3 is 2.50 bits per heavy atom. The van der Waals surface area contributed by atoms with E-state index in [4.69, 9.17) is 5.73 Å². The van der Waals surface area contributed by atoms with Gasteiger partial charge in [-0.1, -0.05) is 32.9 Å². The molecule has 0 radical (unpaired) electrons. The Balaban J connectivity index is 2.58. The van der Waals surface area contributed by atoms with Crippen molar-refractivity contribution >= 4 is 17.4 Å². The van der Waals surface area contributed by atoms with Crippen molar-refractivity contribution in [1.82, 2.24) is 0 Å². The lowest BCUT2D eigenvalue weighted by Crippen LogP contribution is -2.31. The zero-order chi connectivity index (χ0) is 15.3. The number of rotatable bonds is 5. The smallest absolute Gasteiger partial charge is 0.225 e. The van der Waals surface area contributed by atoms with Gasteiger partial charge >= 0.3 is 0 Å². The first kappa shape index (κ1) is 16.4. The van der Waals surface area contributed by atoms with Gasteiger partial charge in [0.05, 0.1) is 0 Å². The second-order valence-corrected chi connectivity index (χ2v) is 6.41. The summed E-state index contributed by atoms with van der Waals surface area (Å²) in [5.74, 6) is -0.145. The quantitative estimate of drug-likeness (QED) is 0.812. The first-order valence-corrected chi connectivity index (χ1v) is 6.84. The summed E-state index contributed by atoms with van der Waals surface area (Å²) in [6.45, 7) is 7.80. The highest BCUT2D eigenvalue weighted by Crippen LogP contribution is 2.21. The van der Waals surface area contributed by atoms with Crippen LogP contribution in [0.1, 0.15) is 50.9 Å². The number of benzene rings is 1. The molecule has 1 aromatic carbocycles. The van der Waals surface area contributed by atoms with Gasteiger partial charge in [-0.15, -0.1) is 0 Å². The number of Topliss-reactive ketones (excluding diaryl/α,β-unsaturated/α-hetero) is 1. The zero-order valence-electron chi connectivity index (χ0n) is 12.7. The molecule has 4 heteroatoms. The van der Waals surface area contributed by atoms with E-state index in [0.717, 1.165) is 6.42 Å². The predicted octanol–water partition coefficient (Wildman–Crippen LogP) is 2.98. The molecule has 0 heterocycles. The summed E-state index contributed by atoms with van der Waals surface area (Å²) >= 11 is 0. The van der Waals surface area contributed by atoms with Crippen molar-refractivity contribution in [3.8, 4) is 0 Å². The number of ketones is 1. The molecule has 0 saturated heterocycles. The minimum Gasteiger partial charge on any atom is -0.327 e. The Morgan fingerprint density at radius 2 is 1.95 bits per heavy atom. The molecule has 110 valence electrons. The van der Waals surface area contributed by atoms with Crippen molar-refractivity contribution in [2.24, 2.45) is 11.1 Å². The van der Waals surface area contributed by atoms with E-state index in [-0.39, 0.29) is 29.6 Å². The average Bonchev–Trinajstić information content (AvgIpc) is 2.25. The molecular formula is C16H24N2O2. The highest BCUT2D eigenvalue weighted by molar-refractivity contribution is 5.97. The topological polar surface area (TPSA) is 72.2 Å². The van der Waals surface area contributed by atoms with Gasteiger partial charge in [-0.25, -0.2) is 0 Å². The van der Waals surface area contributed by atoms with Gasteiger partial charge in [-0.3, -0.25) is 9.59 Å². The van der Waals surface area contributed by atoms with Gasteiger partial charge in [0, 0.05) is 23.7 Å². The summed E-state index contributed by atoms with van der Waals surface area (Å²) < 4.78 is 0. The predicted molar refractivity (Wildman–Crippen MR) is 81.7 cm³/mol. The maximum atomic E-state index is 11.9. The number of hydrogen-bond donors (Lipinski definition) is 2. The molecule has 1 rings (SSSR count). The number of anilines is 1. The van der Waals surface area contributed by atoms with Crippen LogP contribution in [0.5, 0.6) is 0 Å². The van der Waals surface area contributed by atoms with E-state index < -0.39 is 0 Å². The monoisotopic (exact) mass is 276 g/mol. The molecule has 3 N–H and O–H groups in total. The van der Waals surface area contributed by atoms with Crippen molar-refractivity contribution in [3.05, 3.63) is 29.8 Å². The van der Waals surface area contributed by atoms with E-state index >= 15 is 0 Å². The second-order valence-electron chi connectivity index (χ2n) is 6.41. The second kappa shape index (κ2) is 6.66. The molecule has 0 aliphatic carbocycles. The van der Waals surface area contributed by atoms with Crippen LogP contribution < -0.4 is 11.1 Å². The van der Waals surface area contributed by atoms with E-state index in [1.54, 1.807) is 24.3 Å². The zero-order valence-corrected chi connectivity index (χ0v) is 12.7. The lowest BCUT2D eigenvalue weighted by atomic mass is 9.87. The van der Waals surface area contributed by atoms with E-state index in [1.807, 2.05) is 0 Å². The molecule has 20 heavy (non-hydrogen) atoms. The summed E-state index contributed by atoms with van der Waals surface area (Å²) in [5, 5.41) is 2.78. The van der Waals surface area contributed by atoms with Crippen LogP contribution in [0.25, 0.3) is 0 Å². The van der Waals surface area contributed by atoms with Crippen LogP contribution in [0, 0.1) is 5.41 Å². The molecular weight excluding hydrogens is 252 g/mol. The average molecular weight is 276 g/mol. The van der Waals surface area contributed by atoms with Crippen molar-refractivity contribution in [2.45, 2.75) is 46.6 Å². The summed E-state index contributed by atoms with van der Waals surface area (Å²) in [6, 6.07) is 6.76. The van der Waals surface area contributed by atoms with Crippen LogP contribution >= 0.6 is 0 Å². The van der Waals surface area contributed by atoms with E-state index in [2.05, 4.69) is 26.1 Å². The third-order valence-corrected chi connectivity index (χ3v) is 2.87. The number of carbonyl (C=O) groups excluding carboxylic acids is 2. The Morgan fingerprint density at radius 1 is 1.30 bits per heavy atom. The fraction of sp³-hybridized carbons (Fsp3) is 0.500. The molecule has 4 nitrogen and oxygen atoms in total. The van der Waals surface area contributed by atoms with Crippen molar-refractivity contribution in [2.75, 3.05) is 5.32 Å². The van der Waals surface area contributed by atoms with Crippen LogP contribution in [0.3, 0.4) is 0 Å². The van der Waals surface area contributed by atoms with Crippen molar-refractivity contribution in [1.29, 1.82) is 0 Å². The van der Waals surface area contributed by atoms with Gasteiger partial charge in [0.2, 0.25) is 5.91 Å². The van der Waals surface area contributed by atoms with Crippen molar-refractivity contribution in [3.63, 3.8) is 0 Å². The fourth-order valence-corrected chi connectivity index (χ4v) is 2.12. The van der Waals surface area contributed by atoms with Gasteiger partial charge in [-0.05, 0) is 30.9 Å². The SMILES string of the molecule is CC(=O)c1cccc(NC(=O)CC(N)CC(C)(C)C)c1. The van der Waals surface area contributed by atoms with Gasteiger partial charge in [0.15, 0.2) is 5.78 Å². The molecule has 0 aliphatic rings. The molecule has 0 aliphatic heterocycles. The first-order valence-electron chi connectivity index (χ1n) is 6.84. The number of nitrogens with one attached hydrogen (secondary N) is 1. The van der Waals surface area contributed by atoms with Crippen LogP contribution in [-0.2, 0) is 4.79 Å². The molecule has 0 bridgehead atoms. The summed E-state index contributed by atoms with van der Waals surface area (Å²) in [5.41, 5.74) is 7.30. The van der Waals surface area contributed by atoms with Crippen molar-refractivity contribution < 1.29 is 9.59 Å². The third kappa shape index (κ3) is 5.97. The Labute approximate surface area is 120 Å². The molecule has 1 atom stereocenters. The third-order valence-electron chi connectivity index (χ3n) is 2.87. The maximum Gasteiger partial charge on any atom is 0.225 e. The minimum atomic E-state index is -0.161. The van der Waals surface area contributed by atoms with Gasteiger partial charge in [-0.2, -0.15) is 0 Å². The normalized spacial score (nSPS) is 12.8. The number of amides is 1. The number of hydrogen-bond acceptors (Lipinski definition) is 3. The van der Waals surface area contributed by atoms with E-state index in [0.29, 0.717) is 11.3 Å². The molecule has 0 fully saturated rings. The standard InChI is InChI=1S/C16H24N2O2/c1-11(19)12-6-5-7-14(8-12)18-15(20)9-13(17)10-16(2,3)4/h5-8,13H,9-10,17H2,1-4H3,(H,18,20). The van der Waals surface area contributed by atoms with Crippen LogP contribution in [0.15, 0.2) is 24.3 Å².